The maximum absolute atomic E-state index is 5.72. The SMILES string of the molecule is CCCCCC=CCC=CCC=CCCCCCOC1COCOC1. The molecule has 3 heteroatoms. The number of allylic oxidation sites excluding steroid dienone is 6. The van der Waals surface area contributed by atoms with Crippen LogP contribution in [0.2, 0.25) is 0 Å². The van der Waals surface area contributed by atoms with E-state index < -0.39 is 0 Å². The van der Waals surface area contributed by atoms with Gasteiger partial charge in [0, 0.05) is 6.61 Å². The van der Waals surface area contributed by atoms with Crippen molar-refractivity contribution in [2.45, 2.75) is 77.2 Å². The van der Waals surface area contributed by atoms with Crippen LogP contribution in [0, 0.1) is 0 Å². The van der Waals surface area contributed by atoms with Crippen LogP contribution in [0.25, 0.3) is 0 Å². The standard InChI is InChI=1S/C22H38O3/c1-2-3-4-5-6-7-8-9-10-11-12-13-14-15-16-17-18-25-22-19-23-21-24-20-22/h6-7,9-10,12-13,22H,2-5,8,11,14-21H2,1H3. The van der Waals surface area contributed by atoms with Gasteiger partial charge in [-0.15, -0.1) is 0 Å². The highest BCUT2D eigenvalue weighted by molar-refractivity contribution is 4.97. The molecule has 0 spiro atoms. The molecule has 0 aromatic heterocycles. The summed E-state index contributed by atoms with van der Waals surface area (Å²) in [6.45, 7) is 4.82. The molecule has 0 N–H and O–H groups in total. The maximum Gasteiger partial charge on any atom is 0.146 e. The van der Waals surface area contributed by atoms with Gasteiger partial charge in [0.1, 0.15) is 12.9 Å². The molecule has 0 unspecified atom stereocenters. The molecule has 1 fully saturated rings. The van der Waals surface area contributed by atoms with Crippen LogP contribution < -0.4 is 0 Å². The summed E-state index contributed by atoms with van der Waals surface area (Å²) in [5.74, 6) is 0. The Kier molecular flexibility index (Phi) is 15.9. The smallest absolute Gasteiger partial charge is 0.146 e. The molecule has 3 nitrogen and oxygen atoms in total. The summed E-state index contributed by atoms with van der Waals surface area (Å²) in [7, 11) is 0. The van der Waals surface area contributed by atoms with E-state index in [1.807, 2.05) is 0 Å². The van der Waals surface area contributed by atoms with Gasteiger partial charge in [-0.25, -0.2) is 0 Å². The Bertz CT molecular complexity index is 354. The van der Waals surface area contributed by atoms with Crippen molar-refractivity contribution in [1.82, 2.24) is 0 Å². The molecule has 0 amide bonds. The molecule has 0 saturated carbocycles. The highest BCUT2D eigenvalue weighted by Crippen LogP contribution is 2.06. The van der Waals surface area contributed by atoms with Crippen LogP contribution in [0.15, 0.2) is 36.5 Å². The lowest BCUT2D eigenvalue weighted by atomic mass is 10.2. The van der Waals surface area contributed by atoms with Crippen LogP contribution in [0.4, 0.5) is 0 Å². The highest BCUT2D eigenvalue weighted by Gasteiger charge is 2.13. The lowest BCUT2D eigenvalue weighted by Gasteiger charge is -2.22. The molecule has 0 radical (unpaired) electrons. The van der Waals surface area contributed by atoms with Gasteiger partial charge in [-0.2, -0.15) is 0 Å². The summed E-state index contributed by atoms with van der Waals surface area (Å²) in [5, 5.41) is 0. The summed E-state index contributed by atoms with van der Waals surface area (Å²) in [5.41, 5.74) is 0. The molecule has 1 saturated heterocycles. The minimum atomic E-state index is 0.131. The average Bonchev–Trinajstić information content (AvgIpc) is 2.65. The molecule has 144 valence electrons. The third kappa shape index (κ3) is 15.1. The molecule has 0 aliphatic carbocycles. The van der Waals surface area contributed by atoms with Gasteiger partial charge in [-0.1, -0.05) is 62.6 Å². The second kappa shape index (κ2) is 17.9. The van der Waals surface area contributed by atoms with Crippen LogP contribution in [0.1, 0.15) is 71.1 Å². The fraction of sp³-hybridized carbons (Fsp3) is 0.727. The van der Waals surface area contributed by atoms with E-state index in [2.05, 4.69) is 43.4 Å². The Balaban J connectivity index is 1.81. The van der Waals surface area contributed by atoms with Gasteiger partial charge >= 0.3 is 0 Å². The van der Waals surface area contributed by atoms with Crippen LogP contribution in [-0.2, 0) is 14.2 Å². The van der Waals surface area contributed by atoms with Crippen LogP contribution in [0.5, 0.6) is 0 Å². The summed E-state index contributed by atoms with van der Waals surface area (Å²) >= 11 is 0. The molecule has 1 rings (SSSR count). The second-order valence-electron chi connectivity index (χ2n) is 6.58. The van der Waals surface area contributed by atoms with Crippen molar-refractivity contribution >= 4 is 0 Å². The maximum atomic E-state index is 5.72. The highest BCUT2D eigenvalue weighted by atomic mass is 16.7. The lowest BCUT2D eigenvalue weighted by Crippen LogP contribution is -2.31. The van der Waals surface area contributed by atoms with Gasteiger partial charge in [0.15, 0.2) is 0 Å². The van der Waals surface area contributed by atoms with Gasteiger partial charge in [0.25, 0.3) is 0 Å². The van der Waals surface area contributed by atoms with Crippen LogP contribution in [-0.4, -0.2) is 32.7 Å². The zero-order chi connectivity index (χ0) is 17.8. The zero-order valence-electron chi connectivity index (χ0n) is 16.2. The Morgan fingerprint density at radius 2 is 1.36 bits per heavy atom. The van der Waals surface area contributed by atoms with Crippen molar-refractivity contribution < 1.29 is 14.2 Å². The van der Waals surface area contributed by atoms with Gasteiger partial charge < -0.3 is 14.2 Å². The first-order valence-corrected chi connectivity index (χ1v) is 10.2. The van der Waals surface area contributed by atoms with E-state index in [4.69, 9.17) is 14.2 Å². The van der Waals surface area contributed by atoms with Crippen molar-refractivity contribution in [3.05, 3.63) is 36.5 Å². The summed E-state index contributed by atoms with van der Waals surface area (Å²) < 4.78 is 16.1. The third-order valence-corrected chi connectivity index (χ3v) is 4.16. The van der Waals surface area contributed by atoms with Gasteiger partial charge in [-0.05, 0) is 44.9 Å². The quantitative estimate of drug-likeness (QED) is 0.269. The van der Waals surface area contributed by atoms with E-state index in [9.17, 15) is 0 Å². The number of rotatable bonds is 15. The van der Waals surface area contributed by atoms with Crippen molar-refractivity contribution in [2.24, 2.45) is 0 Å². The Morgan fingerprint density at radius 1 is 0.760 bits per heavy atom. The van der Waals surface area contributed by atoms with Gasteiger partial charge in [-0.3, -0.25) is 0 Å². The molecular formula is C22H38O3. The van der Waals surface area contributed by atoms with Crippen LogP contribution in [0.3, 0.4) is 0 Å². The average molecular weight is 351 g/mol. The Morgan fingerprint density at radius 3 is 2.00 bits per heavy atom. The first-order chi connectivity index (χ1) is 12.4. The van der Waals surface area contributed by atoms with E-state index in [0.29, 0.717) is 20.0 Å². The normalized spacial score (nSPS) is 16.7. The number of hydrogen-bond donors (Lipinski definition) is 0. The van der Waals surface area contributed by atoms with E-state index in [-0.39, 0.29) is 6.10 Å². The predicted octanol–water partition coefficient (Wildman–Crippen LogP) is 5.97. The second-order valence-corrected chi connectivity index (χ2v) is 6.58. The fourth-order valence-corrected chi connectivity index (χ4v) is 2.64. The van der Waals surface area contributed by atoms with Crippen molar-refractivity contribution in [3.63, 3.8) is 0 Å². The van der Waals surface area contributed by atoms with Gasteiger partial charge in [0.2, 0.25) is 0 Å². The summed E-state index contributed by atoms with van der Waals surface area (Å²) in [6.07, 6.45) is 25.9. The number of ether oxygens (including phenoxy) is 3. The number of hydrogen-bond acceptors (Lipinski definition) is 3. The monoisotopic (exact) mass is 350 g/mol. The molecule has 0 bridgehead atoms. The van der Waals surface area contributed by atoms with E-state index >= 15 is 0 Å². The molecular weight excluding hydrogens is 312 g/mol. The summed E-state index contributed by atoms with van der Waals surface area (Å²) in [6, 6.07) is 0. The third-order valence-electron chi connectivity index (χ3n) is 4.16. The first-order valence-electron chi connectivity index (χ1n) is 10.2. The van der Waals surface area contributed by atoms with Crippen molar-refractivity contribution in [3.8, 4) is 0 Å². The molecule has 0 aromatic rings. The molecule has 1 heterocycles. The van der Waals surface area contributed by atoms with E-state index in [1.54, 1.807) is 0 Å². The molecule has 1 aliphatic rings. The lowest BCUT2D eigenvalue weighted by molar-refractivity contribution is -0.167. The van der Waals surface area contributed by atoms with Crippen molar-refractivity contribution in [2.75, 3.05) is 26.6 Å². The first kappa shape index (κ1) is 22.1. The molecule has 0 aromatic carbocycles. The fourth-order valence-electron chi connectivity index (χ4n) is 2.64. The minimum absolute atomic E-state index is 0.131. The van der Waals surface area contributed by atoms with E-state index in [0.717, 1.165) is 25.9 Å². The topological polar surface area (TPSA) is 27.7 Å². The Labute approximate surface area is 155 Å². The molecule has 25 heavy (non-hydrogen) atoms. The minimum Gasteiger partial charge on any atom is -0.373 e. The predicted molar refractivity (Wildman–Crippen MR) is 106 cm³/mol. The van der Waals surface area contributed by atoms with Crippen molar-refractivity contribution in [1.29, 1.82) is 0 Å². The summed E-state index contributed by atoms with van der Waals surface area (Å²) in [4.78, 5) is 0. The van der Waals surface area contributed by atoms with Gasteiger partial charge in [0.05, 0.1) is 13.2 Å². The number of unbranched alkanes of at least 4 members (excludes halogenated alkanes) is 6. The largest absolute Gasteiger partial charge is 0.373 e. The molecule has 0 atom stereocenters. The molecule has 1 aliphatic heterocycles. The zero-order valence-corrected chi connectivity index (χ0v) is 16.2. The Hall–Kier alpha value is -0.900. The van der Waals surface area contributed by atoms with Crippen LogP contribution >= 0.6 is 0 Å². The van der Waals surface area contributed by atoms with E-state index in [1.165, 1.54) is 44.9 Å².